The Bertz CT molecular complexity index is 1690. The third-order valence-corrected chi connectivity index (χ3v) is 7.21. The van der Waals surface area contributed by atoms with Crippen molar-refractivity contribution in [2.75, 3.05) is 13.7 Å². The summed E-state index contributed by atoms with van der Waals surface area (Å²) in [5.74, 6) is 1.27. The number of carbonyl (C=O) groups excluding carboxylic acids is 1. The molecule has 3 aromatic carbocycles. The zero-order chi connectivity index (χ0) is 26.8. The lowest BCUT2D eigenvalue weighted by Crippen LogP contribution is -2.28. The van der Waals surface area contributed by atoms with Crippen LogP contribution in [0.5, 0.6) is 5.75 Å². The van der Waals surface area contributed by atoms with Gasteiger partial charge in [0, 0.05) is 35.7 Å². The maximum Gasteiger partial charge on any atom is 0.407 e. The lowest BCUT2D eigenvalue weighted by atomic mass is 9.97. The van der Waals surface area contributed by atoms with E-state index < -0.39 is 6.09 Å². The first-order valence-electron chi connectivity index (χ1n) is 12.8. The van der Waals surface area contributed by atoms with Crippen LogP contribution in [0.2, 0.25) is 0 Å². The van der Waals surface area contributed by atoms with Crippen LogP contribution in [0.1, 0.15) is 29.0 Å². The average Bonchev–Trinajstić information content (AvgIpc) is 3.65. The van der Waals surface area contributed by atoms with Crippen molar-refractivity contribution >= 4 is 17.0 Å². The summed E-state index contributed by atoms with van der Waals surface area (Å²) in [5.41, 5.74) is 6.21. The summed E-state index contributed by atoms with van der Waals surface area (Å²) in [6.07, 6.45) is 4.38. The van der Waals surface area contributed by atoms with Gasteiger partial charge in [0.25, 0.3) is 0 Å². The summed E-state index contributed by atoms with van der Waals surface area (Å²) >= 11 is 0. The van der Waals surface area contributed by atoms with E-state index in [0.29, 0.717) is 40.2 Å². The fourth-order valence-electron chi connectivity index (χ4n) is 5.19. The lowest BCUT2D eigenvalue weighted by molar-refractivity contribution is 0.139. The van der Waals surface area contributed by atoms with Crippen molar-refractivity contribution in [3.63, 3.8) is 0 Å². The number of aryl methyl sites for hydroxylation is 1. The molecule has 0 saturated heterocycles. The highest BCUT2D eigenvalue weighted by Crippen LogP contribution is 2.36. The first-order chi connectivity index (χ1) is 19.1. The lowest BCUT2D eigenvalue weighted by Gasteiger charge is -2.15. The zero-order valence-corrected chi connectivity index (χ0v) is 21.4. The van der Waals surface area contributed by atoms with Crippen LogP contribution in [0, 0.1) is 0 Å². The van der Waals surface area contributed by atoms with Gasteiger partial charge in [0.2, 0.25) is 0 Å². The number of amides is 1. The molecule has 0 fully saturated rings. The topological polar surface area (TPSA) is 106 Å². The number of nitrogens with zero attached hydrogens (tertiary/aromatic N) is 1. The van der Waals surface area contributed by atoms with Gasteiger partial charge in [0.1, 0.15) is 12.4 Å². The van der Waals surface area contributed by atoms with Crippen molar-refractivity contribution in [2.45, 2.75) is 25.4 Å². The molecule has 0 saturated carbocycles. The molecule has 8 heteroatoms. The number of ether oxygens (including phenoxy) is 2. The van der Waals surface area contributed by atoms with E-state index in [9.17, 15) is 9.59 Å². The molecular formula is C31H27N3O5. The Kier molecular flexibility index (Phi) is 6.59. The van der Waals surface area contributed by atoms with E-state index in [0.717, 1.165) is 24.0 Å². The molecule has 39 heavy (non-hydrogen) atoms. The molecule has 0 radical (unpaired) electrons. The van der Waals surface area contributed by atoms with Crippen LogP contribution in [0.3, 0.4) is 0 Å². The molecule has 5 aromatic rings. The van der Waals surface area contributed by atoms with Gasteiger partial charge in [-0.05, 0) is 47.2 Å². The Morgan fingerprint density at radius 3 is 2.79 bits per heavy atom. The summed E-state index contributed by atoms with van der Waals surface area (Å²) < 4.78 is 16.4. The van der Waals surface area contributed by atoms with Gasteiger partial charge >= 0.3 is 6.09 Å². The summed E-state index contributed by atoms with van der Waals surface area (Å²) in [4.78, 5) is 32.8. The number of H-pyrrole nitrogens is 1. The summed E-state index contributed by atoms with van der Waals surface area (Å²) in [5, 5.41) is 3.44. The number of aromatic nitrogens is 2. The highest BCUT2D eigenvalue weighted by molar-refractivity contribution is 5.88. The van der Waals surface area contributed by atoms with E-state index in [1.807, 2.05) is 36.4 Å². The SMILES string of the molecule is COc1cc2[nH]c(-c3ccc4c(c3)C(CNC(=O)OCc3ccccc3)CC4)cc(=O)c2cc1-c1cnco1. The van der Waals surface area contributed by atoms with E-state index in [2.05, 4.69) is 27.4 Å². The second-order valence-electron chi connectivity index (χ2n) is 9.60. The number of methoxy groups -OCH3 is 1. The van der Waals surface area contributed by atoms with E-state index in [-0.39, 0.29) is 18.0 Å². The minimum absolute atomic E-state index is 0.109. The Hall–Kier alpha value is -4.85. The third kappa shape index (κ3) is 5.01. The molecular weight excluding hydrogens is 494 g/mol. The number of benzene rings is 3. The molecule has 196 valence electrons. The fourth-order valence-corrected chi connectivity index (χ4v) is 5.19. The van der Waals surface area contributed by atoms with Gasteiger partial charge in [-0.15, -0.1) is 0 Å². The first kappa shape index (κ1) is 24.5. The number of nitrogens with one attached hydrogen (secondary N) is 2. The number of hydrogen-bond acceptors (Lipinski definition) is 6. The minimum Gasteiger partial charge on any atom is -0.496 e. The van der Waals surface area contributed by atoms with Crippen LogP contribution in [0.15, 0.2) is 88.5 Å². The number of carbonyl (C=O) groups is 1. The monoisotopic (exact) mass is 521 g/mol. The minimum atomic E-state index is -0.430. The van der Waals surface area contributed by atoms with Crippen molar-refractivity contribution in [3.05, 3.63) is 106 Å². The van der Waals surface area contributed by atoms with E-state index in [4.69, 9.17) is 13.9 Å². The molecule has 1 unspecified atom stereocenters. The predicted molar refractivity (Wildman–Crippen MR) is 148 cm³/mol. The van der Waals surface area contributed by atoms with Gasteiger partial charge in [-0.1, -0.05) is 42.5 Å². The van der Waals surface area contributed by atoms with Crippen LogP contribution >= 0.6 is 0 Å². The van der Waals surface area contributed by atoms with Gasteiger partial charge < -0.3 is 24.2 Å². The van der Waals surface area contributed by atoms with Crippen LogP contribution in [0.25, 0.3) is 33.5 Å². The quantitative estimate of drug-likeness (QED) is 0.280. The molecule has 6 rings (SSSR count). The number of aromatic amines is 1. The molecule has 8 nitrogen and oxygen atoms in total. The molecule has 1 aliphatic carbocycles. The van der Waals surface area contributed by atoms with Crippen LogP contribution in [-0.2, 0) is 17.8 Å². The van der Waals surface area contributed by atoms with E-state index in [1.165, 1.54) is 17.5 Å². The standard InChI is InChI=1S/C31H27N3O5/c1-37-29-14-27-24(12-25(29)30-16-32-18-39-30)28(35)13-26(34-27)21-9-7-20-8-10-22(23(20)11-21)15-33-31(36)38-17-19-5-3-2-4-6-19/h2-7,9,11-14,16,18,22H,8,10,15,17H2,1H3,(H,33,36)(H,34,35). The van der Waals surface area contributed by atoms with Gasteiger partial charge in [-0.3, -0.25) is 4.79 Å². The van der Waals surface area contributed by atoms with Crippen molar-refractivity contribution in [3.8, 4) is 28.3 Å². The third-order valence-electron chi connectivity index (χ3n) is 7.21. The van der Waals surface area contributed by atoms with Crippen molar-refractivity contribution in [1.29, 1.82) is 0 Å². The molecule has 1 atom stereocenters. The normalized spacial score (nSPS) is 14.2. The van der Waals surface area contributed by atoms with E-state index >= 15 is 0 Å². The van der Waals surface area contributed by atoms with Crippen molar-refractivity contribution in [1.82, 2.24) is 15.3 Å². The number of fused-ring (bicyclic) bond motifs is 2. The fraction of sp³-hybridized carbons (Fsp3) is 0.194. The van der Waals surface area contributed by atoms with Crippen molar-refractivity contribution in [2.24, 2.45) is 0 Å². The van der Waals surface area contributed by atoms with Gasteiger partial charge in [-0.25, -0.2) is 9.78 Å². The van der Waals surface area contributed by atoms with Gasteiger partial charge in [0.05, 0.1) is 24.4 Å². The Labute approximate surface area is 224 Å². The van der Waals surface area contributed by atoms with Crippen molar-refractivity contribution < 1.29 is 18.7 Å². The molecule has 2 aromatic heterocycles. The van der Waals surface area contributed by atoms with Gasteiger partial charge in [0.15, 0.2) is 17.6 Å². The van der Waals surface area contributed by atoms with Crippen LogP contribution in [0.4, 0.5) is 4.79 Å². The second-order valence-corrected chi connectivity index (χ2v) is 9.60. The number of alkyl carbamates (subject to hydrolysis) is 1. The smallest absolute Gasteiger partial charge is 0.407 e. The zero-order valence-electron chi connectivity index (χ0n) is 21.4. The number of hydrogen-bond donors (Lipinski definition) is 2. The predicted octanol–water partition coefficient (Wildman–Crippen LogP) is 5.81. The highest BCUT2D eigenvalue weighted by atomic mass is 16.5. The summed E-state index contributed by atoms with van der Waals surface area (Å²) in [7, 11) is 1.58. The molecule has 2 heterocycles. The van der Waals surface area contributed by atoms with Crippen LogP contribution < -0.4 is 15.5 Å². The highest BCUT2D eigenvalue weighted by Gasteiger charge is 2.24. The molecule has 0 aliphatic heterocycles. The number of oxazole rings is 1. The molecule has 0 spiro atoms. The summed E-state index contributed by atoms with van der Waals surface area (Å²) in [6.45, 7) is 0.720. The van der Waals surface area contributed by atoms with Gasteiger partial charge in [-0.2, -0.15) is 0 Å². The first-order valence-corrected chi connectivity index (χ1v) is 12.8. The Morgan fingerprint density at radius 2 is 2.00 bits per heavy atom. The van der Waals surface area contributed by atoms with E-state index in [1.54, 1.807) is 31.5 Å². The number of pyridine rings is 1. The molecule has 2 N–H and O–H groups in total. The maximum atomic E-state index is 13.2. The number of rotatable bonds is 7. The Morgan fingerprint density at radius 1 is 1.13 bits per heavy atom. The Balaban J connectivity index is 1.22. The van der Waals surface area contributed by atoms with Crippen LogP contribution in [-0.4, -0.2) is 29.7 Å². The second kappa shape index (κ2) is 10.5. The largest absolute Gasteiger partial charge is 0.496 e. The summed E-state index contributed by atoms with van der Waals surface area (Å²) in [6, 6.07) is 21.0. The molecule has 1 amide bonds. The maximum absolute atomic E-state index is 13.2. The molecule has 1 aliphatic rings. The molecule has 0 bridgehead atoms. The average molecular weight is 522 g/mol.